The van der Waals surface area contributed by atoms with E-state index in [4.69, 9.17) is 15.3 Å². The van der Waals surface area contributed by atoms with E-state index < -0.39 is 11.7 Å². The van der Waals surface area contributed by atoms with Crippen LogP contribution in [0.3, 0.4) is 0 Å². The maximum Gasteiger partial charge on any atom is 0.431 e. The SMILES string of the molecule is CC(C)(C)OC(=O)NOCC1(CCN)CCC1. The molecular weight excluding hydrogens is 220 g/mol. The lowest BCUT2D eigenvalue weighted by Crippen LogP contribution is -2.40. The van der Waals surface area contributed by atoms with Crippen LogP contribution in [0.15, 0.2) is 0 Å². The highest BCUT2D eigenvalue weighted by Gasteiger charge is 2.36. The van der Waals surface area contributed by atoms with Crippen molar-refractivity contribution in [3.8, 4) is 0 Å². The summed E-state index contributed by atoms with van der Waals surface area (Å²) in [4.78, 5) is 16.5. The molecule has 100 valence electrons. The van der Waals surface area contributed by atoms with Crippen molar-refractivity contribution in [3.05, 3.63) is 0 Å². The van der Waals surface area contributed by atoms with Gasteiger partial charge < -0.3 is 10.5 Å². The molecule has 0 bridgehead atoms. The molecule has 0 radical (unpaired) electrons. The van der Waals surface area contributed by atoms with Crippen molar-refractivity contribution in [2.24, 2.45) is 11.1 Å². The standard InChI is InChI=1S/C12H24N2O3/c1-11(2,3)17-10(15)14-16-9-12(7-8-13)5-4-6-12/h4-9,13H2,1-3H3,(H,14,15). The third-order valence-electron chi connectivity index (χ3n) is 3.02. The van der Waals surface area contributed by atoms with Gasteiger partial charge in [0.1, 0.15) is 5.60 Å². The first-order valence-corrected chi connectivity index (χ1v) is 6.18. The Kier molecular flexibility index (Phi) is 4.77. The highest BCUT2D eigenvalue weighted by atomic mass is 16.7. The summed E-state index contributed by atoms with van der Waals surface area (Å²) in [6, 6.07) is 0. The monoisotopic (exact) mass is 244 g/mol. The Morgan fingerprint density at radius 2 is 2.06 bits per heavy atom. The highest BCUT2D eigenvalue weighted by molar-refractivity contribution is 5.66. The van der Waals surface area contributed by atoms with Crippen LogP contribution in [0.2, 0.25) is 0 Å². The zero-order chi connectivity index (χ0) is 12.9. The van der Waals surface area contributed by atoms with Crippen molar-refractivity contribution >= 4 is 6.09 Å². The van der Waals surface area contributed by atoms with Gasteiger partial charge in [0.25, 0.3) is 0 Å². The van der Waals surface area contributed by atoms with E-state index in [0.717, 1.165) is 19.3 Å². The van der Waals surface area contributed by atoms with Crippen molar-refractivity contribution in [1.29, 1.82) is 0 Å². The van der Waals surface area contributed by atoms with E-state index in [1.165, 1.54) is 6.42 Å². The lowest BCUT2D eigenvalue weighted by atomic mass is 9.67. The Hall–Kier alpha value is -0.810. The number of amides is 1. The lowest BCUT2D eigenvalue weighted by molar-refractivity contribution is -0.0629. The maximum atomic E-state index is 11.3. The molecule has 0 aliphatic heterocycles. The number of carbonyl (C=O) groups is 1. The summed E-state index contributed by atoms with van der Waals surface area (Å²) in [7, 11) is 0. The molecule has 3 N–H and O–H groups in total. The highest BCUT2D eigenvalue weighted by Crippen LogP contribution is 2.43. The largest absolute Gasteiger partial charge is 0.442 e. The zero-order valence-electron chi connectivity index (χ0n) is 11.0. The quantitative estimate of drug-likeness (QED) is 0.725. The number of carbonyl (C=O) groups excluding carboxylic acids is 1. The second kappa shape index (κ2) is 5.69. The summed E-state index contributed by atoms with van der Waals surface area (Å²) >= 11 is 0. The first-order chi connectivity index (χ1) is 7.87. The topological polar surface area (TPSA) is 73.6 Å². The van der Waals surface area contributed by atoms with Gasteiger partial charge in [-0.25, -0.2) is 4.79 Å². The van der Waals surface area contributed by atoms with Gasteiger partial charge in [-0.1, -0.05) is 6.42 Å². The van der Waals surface area contributed by atoms with Crippen LogP contribution in [-0.4, -0.2) is 24.8 Å². The smallest absolute Gasteiger partial charge is 0.431 e. The molecule has 0 heterocycles. The van der Waals surface area contributed by atoms with E-state index in [9.17, 15) is 4.79 Å². The number of ether oxygens (including phenoxy) is 1. The van der Waals surface area contributed by atoms with Gasteiger partial charge in [0.2, 0.25) is 0 Å². The first-order valence-electron chi connectivity index (χ1n) is 6.18. The van der Waals surface area contributed by atoms with Crippen LogP contribution < -0.4 is 11.2 Å². The Morgan fingerprint density at radius 3 is 2.47 bits per heavy atom. The minimum Gasteiger partial charge on any atom is -0.442 e. The molecule has 5 nitrogen and oxygen atoms in total. The van der Waals surface area contributed by atoms with Crippen LogP contribution in [0.4, 0.5) is 4.79 Å². The summed E-state index contributed by atoms with van der Waals surface area (Å²) in [5.41, 5.74) is 7.56. The number of nitrogens with two attached hydrogens (primary N) is 1. The first kappa shape index (κ1) is 14.3. The van der Waals surface area contributed by atoms with E-state index in [2.05, 4.69) is 5.48 Å². The Bertz CT molecular complexity index is 257. The molecule has 1 fully saturated rings. The van der Waals surface area contributed by atoms with Gasteiger partial charge in [-0.15, -0.1) is 0 Å². The molecule has 0 aromatic heterocycles. The number of rotatable bonds is 5. The van der Waals surface area contributed by atoms with E-state index in [-0.39, 0.29) is 5.41 Å². The van der Waals surface area contributed by atoms with Crippen molar-refractivity contribution in [2.75, 3.05) is 13.2 Å². The minimum absolute atomic E-state index is 0.170. The second-order valence-electron chi connectivity index (χ2n) is 5.78. The molecule has 0 atom stereocenters. The third-order valence-corrected chi connectivity index (χ3v) is 3.02. The molecule has 0 aromatic carbocycles. The number of nitrogens with one attached hydrogen (secondary N) is 1. The van der Waals surface area contributed by atoms with E-state index in [0.29, 0.717) is 13.2 Å². The number of hydrogen-bond donors (Lipinski definition) is 2. The van der Waals surface area contributed by atoms with E-state index >= 15 is 0 Å². The van der Waals surface area contributed by atoms with Crippen LogP contribution in [-0.2, 0) is 9.57 Å². The molecule has 17 heavy (non-hydrogen) atoms. The van der Waals surface area contributed by atoms with Crippen LogP contribution in [0.1, 0.15) is 46.5 Å². The fourth-order valence-electron chi connectivity index (χ4n) is 2.00. The molecule has 0 unspecified atom stereocenters. The summed E-state index contributed by atoms with van der Waals surface area (Å²) in [6.07, 6.45) is 3.87. The van der Waals surface area contributed by atoms with Crippen LogP contribution in [0.25, 0.3) is 0 Å². The molecule has 0 aromatic rings. The molecular formula is C12H24N2O3. The lowest BCUT2D eigenvalue weighted by Gasteiger charge is -2.41. The minimum atomic E-state index is -0.542. The normalized spacial score (nSPS) is 18.4. The third kappa shape index (κ3) is 4.91. The van der Waals surface area contributed by atoms with Crippen LogP contribution >= 0.6 is 0 Å². The fourth-order valence-corrected chi connectivity index (χ4v) is 2.00. The summed E-state index contributed by atoms with van der Waals surface area (Å²) in [5, 5.41) is 0. The number of hydrogen-bond acceptors (Lipinski definition) is 4. The van der Waals surface area contributed by atoms with Crippen LogP contribution in [0, 0.1) is 5.41 Å². The molecule has 1 saturated carbocycles. The predicted octanol–water partition coefficient (Wildman–Crippen LogP) is 1.96. The zero-order valence-corrected chi connectivity index (χ0v) is 11.0. The van der Waals surface area contributed by atoms with Gasteiger partial charge in [0.05, 0.1) is 6.61 Å². The van der Waals surface area contributed by atoms with Gasteiger partial charge in [0.15, 0.2) is 0 Å². The number of hydroxylamine groups is 1. The van der Waals surface area contributed by atoms with Crippen molar-refractivity contribution < 1.29 is 14.4 Å². The average Bonchev–Trinajstić information content (AvgIpc) is 2.11. The summed E-state index contributed by atoms with van der Waals surface area (Å²) < 4.78 is 5.06. The van der Waals surface area contributed by atoms with Gasteiger partial charge in [-0.05, 0) is 52.0 Å². The molecule has 1 rings (SSSR count). The van der Waals surface area contributed by atoms with E-state index in [1.807, 2.05) is 20.8 Å². The van der Waals surface area contributed by atoms with Gasteiger partial charge in [-0.2, -0.15) is 5.48 Å². The second-order valence-corrected chi connectivity index (χ2v) is 5.78. The van der Waals surface area contributed by atoms with Crippen molar-refractivity contribution in [2.45, 2.75) is 52.1 Å². The molecule has 5 heteroatoms. The molecule has 1 amide bonds. The van der Waals surface area contributed by atoms with Gasteiger partial charge >= 0.3 is 6.09 Å². The molecule has 0 spiro atoms. The van der Waals surface area contributed by atoms with Crippen molar-refractivity contribution in [3.63, 3.8) is 0 Å². The Balaban J connectivity index is 2.20. The predicted molar refractivity (Wildman–Crippen MR) is 65.3 cm³/mol. The van der Waals surface area contributed by atoms with E-state index in [1.54, 1.807) is 0 Å². The Labute approximate surface area is 103 Å². The molecule has 0 saturated heterocycles. The Morgan fingerprint density at radius 1 is 1.41 bits per heavy atom. The van der Waals surface area contributed by atoms with Crippen molar-refractivity contribution in [1.82, 2.24) is 5.48 Å². The molecule has 1 aliphatic carbocycles. The van der Waals surface area contributed by atoms with Gasteiger partial charge in [-0.3, -0.25) is 4.84 Å². The van der Waals surface area contributed by atoms with Crippen LogP contribution in [0.5, 0.6) is 0 Å². The summed E-state index contributed by atoms with van der Waals surface area (Å²) in [6.45, 7) is 6.62. The maximum absolute atomic E-state index is 11.3. The van der Waals surface area contributed by atoms with Gasteiger partial charge in [0, 0.05) is 0 Å². The average molecular weight is 244 g/mol. The summed E-state index contributed by atoms with van der Waals surface area (Å²) in [5.74, 6) is 0. The fraction of sp³-hybridized carbons (Fsp3) is 0.917. The molecule has 1 aliphatic rings.